The second-order valence-corrected chi connectivity index (χ2v) is 3.53. The van der Waals surface area contributed by atoms with Crippen LogP contribution < -0.4 is 0 Å². The third-order valence-corrected chi connectivity index (χ3v) is 2.30. The van der Waals surface area contributed by atoms with Crippen molar-refractivity contribution in [3.8, 4) is 0 Å². The van der Waals surface area contributed by atoms with Gasteiger partial charge in [0.25, 0.3) is 0 Å². The third kappa shape index (κ3) is 1.67. The first-order valence-electron chi connectivity index (χ1n) is 4.19. The van der Waals surface area contributed by atoms with Gasteiger partial charge in [-0.25, -0.2) is 0 Å². The van der Waals surface area contributed by atoms with Crippen LogP contribution >= 0.6 is 0 Å². The molecule has 0 aromatic heterocycles. The second kappa shape index (κ2) is 3.28. The largest absolute Gasteiger partial charge is 0.374 e. The highest BCUT2D eigenvalue weighted by atomic mass is 16.5. The fraction of sp³-hybridized carbons (Fsp3) is 0.455. The third-order valence-electron chi connectivity index (χ3n) is 2.30. The second-order valence-electron chi connectivity index (χ2n) is 3.53. The molecule has 0 radical (unpaired) electrons. The van der Waals surface area contributed by atoms with Gasteiger partial charge in [0.1, 0.15) is 0 Å². The Morgan fingerprint density at radius 2 is 1.75 bits per heavy atom. The van der Waals surface area contributed by atoms with E-state index in [-0.39, 0.29) is 5.60 Å². The molecule has 0 heterocycles. The van der Waals surface area contributed by atoms with Gasteiger partial charge in [-0.15, -0.1) is 0 Å². The van der Waals surface area contributed by atoms with Crippen molar-refractivity contribution in [3.63, 3.8) is 0 Å². The molecule has 0 aliphatic carbocycles. The highest BCUT2D eigenvalue weighted by Gasteiger charge is 2.20. The Bertz CT molecular complexity index is 263. The molecular weight excluding hydrogens is 148 g/mol. The van der Waals surface area contributed by atoms with Gasteiger partial charge in [0.15, 0.2) is 0 Å². The van der Waals surface area contributed by atoms with E-state index in [9.17, 15) is 0 Å². The summed E-state index contributed by atoms with van der Waals surface area (Å²) in [6.07, 6.45) is 0. The van der Waals surface area contributed by atoms with Crippen LogP contribution in [0.15, 0.2) is 24.3 Å². The SMILES string of the molecule is COC(C)(C)c1ccccc1C. The van der Waals surface area contributed by atoms with Crippen molar-refractivity contribution in [2.24, 2.45) is 0 Å². The predicted molar refractivity (Wildman–Crippen MR) is 51.2 cm³/mol. The van der Waals surface area contributed by atoms with Gasteiger partial charge in [-0.05, 0) is 31.9 Å². The zero-order chi connectivity index (χ0) is 9.19. The van der Waals surface area contributed by atoms with E-state index in [1.165, 1.54) is 11.1 Å². The number of methoxy groups -OCH3 is 1. The Morgan fingerprint density at radius 1 is 1.17 bits per heavy atom. The van der Waals surface area contributed by atoms with Crippen molar-refractivity contribution in [1.29, 1.82) is 0 Å². The number of hydrogen-bond donors (Lipinski definition) is 0. The minimum atomic E-state index is -0.175. The monoisotopic (exact) mass is 164 g/mol. The maximum absolute atomic E-state index is 5.40. The Labute approximate surface area is 74.4 Å². The van der Waals surface area contributed by atoms with Gasteiger partial charge in [0, 0.05) is 7.11 Å². The Kier molecular flexibility index (Phi) is 2.53. The van der Waals surface area contributed by atoms with Gasteiger partial charge in [-0.3, -0.25) is 0 Å². The fourth-order valence-corrected chi connectivity index (χ4v) is 1.36. The molecule has 0 saturated carbocycles. The topological polar surface area (TPSA) is 9.23 Å². The van der Waals surface area contributed by atoms with Crippen LogP contribution in [0.5, 0.6) is 0 Å². The molecule has 1 aromatic carbocycles. The molecule has 1 aromatic rings. The van der Waals surface area contributed by atoms with Crippen LogP contribution in [-0.4, -0.2) is 7.11 Å². The molecule has 0 aliphatic rings. The molecule has 0 fully saturated rings. The summed E-state index contributed by atoms with van der Waals surface area (Å²) in [4.78, 5) is 0. The van der Waals surface area contributed by atoms with E-state index < -0.39 is 0 Å². The van der Waals surface area contributed by atoms with Gasteiger partial charge in [0.2, 0.25) is 0 Å². The average Bonchev–Trinajstić information content (AvgIpc) is 2.05. The van der Waals surface area contributed by atoms with E-state index >= 15 is 0 Å². The molecule has 0 bridgehead atoms. The lowest BCUT2D eigenvalue weighted by atomic mass is 9.94. The van der Waals surface area contributed by atoms with E-state index in [1.54, 1.807) is 7.11 Å². The summed E-state index contributed by atoms with van der Waals surface area (Å²) >= 11 is 0. The summed E-state index contributed by atoms with van der Waals surface area (Å²) in [5.74, 6) is 0. The minimum Gasteiger partial charge on any atom is -0.374 e. The van der Waals surface area contributed by atoms with Crippen molar-refractivity contribution < 1.29 is 4.74 Å². The summed E-state index contributed by atoms with van der Waals surface area (Å²) in [6.45, 7) is 6.26. The zero-order valence-electron chi connectivity index (χ0n) is 8.22. The van der Waals surface area contributed by atoms with Crippen LogP contribution in [0, 0.1) is 6.92 Å². The molecule has 1 rings (SSSR count). The van der Waals surface area contributed by atoms with E-state index in [0.717, 1.165) is 0 Å². The highest BCUT2D eigenvalue weighted by Crippen LogP contribution is 2.26. The lowest BCUT2D eigenvalue weighted by molar-refractivity contribution is 0.0187. The number of hydrogen-bond acceptors (Lipinski definition) is 1. The van der Waals surface area contributed by atoms with Crippen molar-refractivity contribution >= 4 is 0 Å². The van der Waals surface area contributed by atoms with Crippen LogP contribution in [0.25, 0.3) is 0 Å². The number of ether oxygens (including phenoxy) is 1. The molecule has 0 amide bonds. The van der Waals surface area contributed by atoms with Gasteiger partial charge in [-0.1, -0.05) is 24.3 Å². The Morgan fingerprint density at radius 3 is 2.25 bits per heavy atom. The molecule has 12 heavy (non-hydrogen) atoms. The lowest BCUT2D eigenvalue weighted by Gasteiger charge is -2.25. The van der Waals surface area contributed by atoms with Crippen LogP contribution in [0.4, 0.5) is 0 Å². The summed E-state index contributed by atoms with van der Waals surface area (Å²) < 4.78 is 5.40. The smallest absolute Gasteiger partial charge is 0.0874 e. The van der Waals surface area contributed by atoms with E-state index in [4.69, 9.17) is 4.74 Å². The molecule has 66 valence electrons. The number of aryl methyl sites for hydroxylation is 1. The molecular formula is C11H16O. The molecule has 1 nitrogen and oxygen atoms in total. The van der Waals surface area contributed by atoms with Gasteiger partial charge in [0.05, 0.1) is 5.60 Å². The predicted octanol–water partition coefficient (Wildman–Crippen LogP) is 2.88. The van der Waals surface area contributed by atoms with Crippen LogP contribution in [0.3, 0.4) is 0 Å². The van der Waals surface area contributed by atoms with E-state index in [0.29, 0.717) is 0 Å². The van der Waals surface area contributed by atoms with E-state index in [2.05, 4.69) is 32.9 Å². The summed E-state index contributed by atoms with van der Waals surface area (Å²) in [7, 11) is 1.74. The minimum absolute atomic E-state index is 0.175. The number of benzene rings is 1. The van der Waals surface area contributed by atoms with Crippen LogP contribution in [0.1, 0.15) is 25.0 Å². The first-order valence-corrected chi connectivity index (χ1v) is 4.19. The van der Waals surface area contributed by atoms with Crippen LogP contribution in [0.2, 0.25) is 0 Å². The molecule has 0 atom stereocenters. The first-order chi connectivity index (χ1) is 5.58. The zero-order valence-corrected chi connectivity index (χ0v) is 8.22. The normalized spacial score (nSPS) is 11.7. The Hall–Kier alpha value is -0.820. The number of rotatable bonds is 2. The molecule has 0 N–H and O–H groups in total. The maximum atomic E-state index is 5.40. The van der Waals surface area contributed by atoms with Crippen molar-refractivity contribution in [2.45, 2.75) is 26.4 Å². The van der Waals surface area contributed by atoms with Crippen molar-refractivity contribution in [3.05, 3.63) is 35.4 Å². The lowest BCUT2D eigenvalue weighted by Crippen LogP contribution is -2.20. The van der Waals surface area contributed by atoms with Gasteiger partial charge in [-0.2, -0.15) is 0 Å². The van der Waals surface area contributed by atoms with Crippen molar-refractivity contribution in [2.75, 3.05) is 7.11 Å². The van der Waals surface area contributed by atoms with Gasteiger partial charge >= 0.3 is 0 Å². The highest BCUT2D eigenvalue weighted by molar-refractivity contribution is 5.30. The summed E-state index contributed by atoms with van der Waals surface area (Å²) in [5, 5.41) is 0. The molecule has 0 saturated heterocycles. The average molecular weight is 164 g/mol. The molecule has 0 aliphatic heterocycles. The van der Waals surface area contributed by atoms with Gasteiger partial charge < -0.3 is 4.74 Å². The molecule has 1 heteroatoms. The molecule has 0 spiro atoms. The van der Waals surface area contributed by atoms with Crippen LogP contribution in [-0.2, 0) is 10.3 Å². The first kappa shape index (κ1) is 9.27. The Balaban J connectivity index is 3.10. The molecule has 0 unspecified atom stereocenters. The summed E-state index contributed by atoms with van der Waals surface area (Å²) in [5.41, 5.74) is 2.36. The standard InChI is InChI=1S/C11H16O/c1-9-7-5-6-8-10(9)11(2,3)12-4/h5-8H,1-4H3. The van der Waals surface area contributed by atoms with E-state index in [1.807, 2.05) is 12.1 Å². The summed E-state index contributed by atoms with van der Waals surface area (Å²) in [6, 6.07) is 8.31. The fourth-order valence-electron chi connectivity index (χ4n) is 1.36. The van der Waals surface area contributed by atoms with Crippen molar-refractivity contribution in [1.82, 2.24) is 0 Å². The quantitative estimate of drug-likeness (QED) is 0.653. The maximum Gasteiger partial charge on any atom is 0.0874 e.